The molecule has 6 nitrogen and oxygen atoms in total. The molecule has 0 fully saturated rings. The maximum atomic E-state index is 10.8. The second kappa shape index (κ2) is 6.07. The molecule has 4 N–H and O–H groups in total. The first-order valence-electron chi connectivity index (χ1n) is 6.72. The third-order valence-electron chi connectivity index (χ3n) is 3.31. The summed E-state index contributed by atoms with van der Waals surface area (Å²) < 4.78 is 1.41. The molecule has 1 aromatic heterocycles. The fourth-order valence-electron chi connectivity index (χ4n) is 2.28. The van der Waals surface area contributed by atoms with Gasteiger partial charge in [-0.25, -0.2) is 4.68 Å². The first kappa shape index (κ1) is 14.4. The van der Waals surface area contributed by atoms with Crippen molar-refractivity contribution in [3.8, 4) is 0 Å². The zero-order valence-corrected chi connectivity index (χ0v) is 12.6. The average molecular weight is 313 g/mol. The number of aromatic nitrogens is 3. The van der Waals surface area contributed by atoms with Crippen molar-refractivity contribution >= 4 is 28.4 Å². The fraction of sp³-hybridized carbons (Fsp3) is 0.133. The minimum absolute atomic E-state index is 0.129. The number of primary amides is 1. The number of nitrogens with zero attached hydrogens (tertiary/aromatic N) is 3. The van der Waals surface area contributed by atoms with Crippen LogP contribution in [0.1, 0.15) is 11.4 Å². The molecule has 22 heavy (non-hydrogen) atoms. The molecule has 7 heteroatoms. The van der Waals surface area contributed by atoms with E-state index in [1.54, 1.807) is 0 Å². The fourth-order valence-corrected chi connectivity index (χ4v) is 2.89. The molecular formula is C15H15N5OS. The van der Waals surface area contributed by atoms with Crippen LogP contribution in [0.3, 0.4) is 0 Å². The van der Waals surface area contributed by atoms with Gasteiger partial charge in [0.25, 0.3) is 0 Å². The van der Waals surface area contributed by atoms with Gasteiger partial charge in [-0.05, 0) is 16.3 Å². The Kier molecular flexibility index (Phi) is 3.97. The van der Waals surface area contributed by atoms with Crippen molar-refractivity contribution in [3.63, 3.8) is 0 Å². The number of carbonyl (C=O) groups is 1. The number of hydrogen-bond donors (Lipinski definition) is 2. The number of nitrogen functional groups attached to an aromatic ring is 1. The van der Waals surface area contributed by atoms with E-state index in [0.29, 0.717) is 17.4 Å². The topological polar surface area (TPSA) is 99.8 Å². The van der Waals surface area contributed by atoms with E-state index in [1.165, 1.54) is 27.2 Å². The van der Waals surface area contributed by atoms with E-state index in [4.69, 9.17) is 11.6 Å². The molecule has 0 aliphatic carbocycles. The monoisotopic (exact) mass is 313 g/mol. The van der Waals surface area contributed by atoms with Crippen LogP contribution in [0.25, 0.3) is 10.8 Å². The van der Waals surface area contributed by atoms with Crippen molar-refractivity contribution < 1.29 is 4.79 Å². The quantitative estimate of drug-likeness (QED) is 0.546. The van der Waals surface area contributed by atoms with Crippen LogP contribution in [0.5, 0.6) is 0 Å². The Morgan fingerprint density at radius 2 is 1.91 bits per heavy atom. The van der Waals surface area contributed by atoms with E-state index in [-0.39, 0.29) is 5.75 Å². The predicted molar refractivity (Wildman–Crippen MR) is 86.8 cm³/mol. The second-order valence-corrected chi connectivity index (χ2v) is 5.78. The lowest BCUT2D eigenvalue weighted by molar-refractivity contribution is -0.115. The number of thioether (sulfide) groups is 1. The maximum absolute atomic E-state index is 10.8. The normalized spacial score (nSPS) is 10.9. The third kappa shape index (κ3) is 2.89. The van der Waals surface area contributed by atoms with E-state index in [2.05, 4.69) is 28.4 Å². The standard InChI is InChI=1S/C15H15N5OS/c16-13(21)9-22-15-19-18-14(20(15)17)8-11-6-3-5-10-4-1-2-7-12(10)11/h1-7H,8-9,17H2,(H2,16,21). The van der Waals surface area contributed by atoms with E-state index < -0.39 is 5.91 Å². The molecule has 0 saturated carbocycles. The Hall–Kier alpha value is -2.54. The molecule has 3 aromatic rings. The van der Waals surface area contributed by atoms with E-state index >= 15 is 0 Å². The molecule has 0 aliphatic rings. The number of carbonyl (C=O) groups excluding carboxylic acids is 1. The van der Waals surface area contributed by atoms with E-state index in [9.17, 15) is 4.79 Å². The molecule has 0 spiro atoms. The van der Waals surface area contributed by atoms with E-state index in [1.807, 2.05) is 24.3 Å². The number of fused-ring (bicyclic) bond motifs is 1. The largest absolute Gasteiger partial charge is 0.369 e. The summed E-state index contributed by atoms with van der Waals surface area (Å²) in [6.45, 7) is 0. The summed E-state index contributed by atoms with van der Waals surface area (Å²) in [7, 11) is 0. The molecule has 3 rings (SSSR count). The Balaban J connectivity index is 1.88. The molecule has 0 bridgehead atoms. The number of amides is 1. The molecule has 0 atom stereocenters. The van der Waals surface area contributed by atoms with Gasteiger partial charge in [0.05, 0.1) is 5.75 Å². The number of nitrogens with two attached hydrogens (primary N) is 2. The Morgan fingerprint density at radius 1 is 1.14 bits per heavy atom. The number of rotatable bonds is 5. The van der Waals surface area contributed by atoms with Crippen molar-refractivity contribution in [1.82, 2.24) is 14.9 Å². The second-order valence-electron chi connectivity index (χ2n) is 4.84. The molecule has 0 saturated heterocycles. The Bertz CT molecular complexity index is 824. The van der Waals surface area contributed by atoms with Gasteiger partial charge in [0.2, 0.25) is 11.1 Å². The van der Waals surface area contributed by atoms with Crippen LogP contribution in [0.15, 0.2) is 47.6 Å². The molecule has 0 aliphatic heterocycles. The molecule has 112 valence electrons. The molecule has 0 radical (unpaired) electrons. The van der Waals surface area contributed by atoms with Crippen molar-refractivity contribution in [3.05, 3.63) is 53.9 Å². The predicted octanol–water partition coefficient (Wildman–Crippen LogP) is 1.31. The summed E-state index contributed by atoms with van der Waals surface area (Å²) in [5.74, 6) is 6.36. The highest BCUT2D eigenvalue weighted by Gasteiger charge is 2.12. The highest BCUT2D eigenvalue weighted by Crippen LogP contribution is 2.22. The lowest BCUT2D eigenvalue weighted by atomic mass is 10.0. The van der Waals surface area contributed by atoms with Gasteiger partial charge in [-0.15, -0.1) is 10.2 Å². The van der Waals surface area contributed by atoms with Crippen LogP contribution in [0, 0.1) is 0 Å². The van der Waals surface area contributed by atoms with Gasteiger partial charge >= 0.3 is 0 Å². The zero-order valence-electron chi connectivity index (χ0n) is 11.8. The zero-order chi connectivity index (χ0) is 15.5. The van der Waals surface area contributed by atoms with Gasteiger partial charge in [0.1, 0.15) is 0 Å². The molecule has 1 amide bonds. The Morgan fingerprint density at radius 3 is 2.73 bits per heavy atom. The lowest BCUT2D eigenvalue weighted by Gasteiger charge is -2.06. The van der Waals surface area contributed by atoms with Crippen LogP contribution >= 0.6 is 11.8 Å². The number of benzene rings is 2. The summed E-state index contributed by atoms with van der Waals surface area (Å²) in [4.78, 5) is 10.8. The van der Waals surface area contributed by atoms with Gasteiger partial charge in [0.15, 0.2) is 5.82 Å². The minimum Gasteiger partial charge on any atom is -0.369 e. The van der Waals surface area contributed by atoms with Crippen LogP contribution in [-0.4, -0.2) is 26.5 Å². The van der Waals surface area contributed by atoms with Crippen LogP contribution in [0.4, 0.5) is 0 Å². The van der Waals surface area contributed by atoms with Crippen LogP contribution < -0.4 is 11.6 Å². The third-order valence-corrected chi connectivity index (χ3v) is 4.27. The first-order chi connectivity index (χ1) is 10.6. The smallest absolute Gasteiger partial charge is 0.227 e. The number of hydrogen-bond acceptors (Lipinski definition) is 5. The summed E-state index contributed by atoms with van der Waals surface area (Å²) in [5, 5.41) is 10.9. The molecular weight excluding hydrogens is 298 g/mol. The minimum atomic E-state index is -0.413. The van der Waals surface area contributed by atoms with Crippen LogP contribution in [-0.2, 0) is 11.2 Å². The van der Waals surface area contributed by atoms with Crippen molar-refractivity contribution in [2.45, 2.75) is 11.6 Å². The van der Waals surface area contributed by atoms with Gasteiger partial charge in [-0.3, -0.25) is 4.79 Å². The SMILES string of the molecule is NC(=O)CSc1nnc(Cc2cccc3ccccc23)n1N. The van der Waals surface area contributed by atoms with Gasteiger partial charge < -0.3 is 11.6 Å². The molecule has 0 unspecified atom stereocenters. The molecule has 1 heterocycles. The summed E-state index contributed by atoms with van der Waals surface area (Å²) in [6, 6.07) is 14.3. The molecule has 2 aromatic carbocycles. The Labute approximate surface area is 131 Å². The maximum Gasteiger partial charge on any atom is 0.227 e. The highest BCUT2D eigenvalue weighted by atomic mass is 32.2. The highest BCUT2D eigenvalue weighted by molar-refractivity contribution is 7.99. The van der Waals surface area contributed by atoms with Gasteiger partial charge in [-0.2, -0.15) is 0 Å². The summed E-state index contributed by atoms with van der Waals surface area (Å²) in [5.41, 5.74) is 6.25. The van der Waals surface area contributed by atoms with Crippen molar-refractivity contribution in [1.29, 1.82) is 0 Å². The van der Waals surface area contributed by atoms with Crippen LogP contribution in [0.2, 0.25) is 0 Å². The van der Waals surface area contributed by atoms with Gasteiger partial charge in [-0.1, -0.05) is 54.2 Å². The summed E-state index contributed by atoms with van der Waals surface area (Å²) >= 11 is 1.18. The van der Waals surface area contributed by atoms with Crippen molar-refractivity contribution in [2.75, 3.05) is 11.6 Å². The lowest BCUT2D eigenvalue weighted by Crippen LogP contribution is -2.17. The van der Waals surface area contributed by atoms with Gasteiger partial charge in [0, 0.05) is 6.42 Å². The van der Waals surface area contributed by atoms with Crippen molar-refractivity contribution in [2.24, 2.45) is 5.73 Å². The first-order valence-corrected chi connectivity index (χ1v) is 7.71. The average Bonchev–Trinajstić information content (AvgIpc) is 2.86. The van der Waals surface area contributed by atoms with E-state index in [0.717, 1.165) is 5.56 Å². The summed E-state index contributed by atoms with van der Waals surface area (Å²) in [6.07, 6.45) is 0.571.